The molecule has 0 aromatic carbocycles. The van der Waals surface area contributed by atoms with Crippen molar-refractivity contribution < 1.29 is 45.8 Å². The largest absolute Gasteiger partial charge is 0.463 e. The van der Waals surface area contributed by atoms with Gasteiger partial charge >= 0.3 is 24.0 Å². The minimum atomic E-state index is -5.65. The zero-order chi connectivity index (χ0) is 18.8. The van der Waals surface area contributed by atoms with Gasteiger partial charge in [0.25, 0.3) is 0 Å². The third-order valence-corrected chi connectivity index (χ3v) is 2.43. The zero-order valence-corrected chi connectivity index (χ0v) is 12.7. The van der Waals surface area contributed by atoms with Crippen LogP contribution in [-0.2, 0) is 23.8 Å². The standard InChI is InChI=1S/C14H17F5O5/c1-3-6-22-8-10(2)12(21)24-9-11(20)23-7-4-5-13(15,16)14(17,18)19/h3H,1-2,4-9H2. The molecule has 0 bridgehead atoms. The van der Waals surface area contributed by atoms with Crippen LogP contribution in [0.25, 0.3) is 0 Å². The smallest absolute Gasteiger partial charge is 0.453 e. The lowest BCUT2D eigenvalue weighted by Gasteiger charge is -2.19. The van der Waals surface area contributed by atoms with Crippen LogP contribution >= 0.6 is 0 Å². The van der Waals surface area contributed by atoms with Crippen LogP contribution < -0.4 is 0 Å². The Morgan fingerprint density at radius 2 is 1.67 bits per heavy atom. The van der Waals surface area contributed by atoms with Crippen LogP contribution in [0.4, 0.5) is 22.0 Å². The predicted molar refractivity (Wildman–Crippen MR) is 72.3 cm³/mol. The molecule has 0 aliphatic heterocycles. The molecule has 0 rings (SSSR count). The Morgan fingerprint density at radius 1 is 1.04 bits per heavy atom. The first-order chi connectivity index (χ1) is 11.0. The maximum Gasteiger partial charge on any atom is 0.453 e. The van der Waals surface area contributed by atoms with Crippen LogP contribution in [0.2, 0.25) is 0 Å². The van der Waals surface area contributed by atoms with E-state index < -0.39 is 50.1 Å². The van der Waals surface area contributed by atoms with Crippen molar-refractivity contribution >= 4 is 11.9 Å². The van der Waals surface area contributed by atoms with E-state index in [0.29, 0.717) is 0 Å². The van der Waals surface area contributed by atoms with Gasteiger partial charge in [0.05, 0.1) is 25.4 Å². The molecule has 0 amide bonds. The van der Waals surface area contributed by atoms with Gasteiger partial charge in [-0.05, 0) is 6.42 Å². The van der Waals surface area contributed by atoms with E-state index in [1.54, 1.807) is 0 Å². The Bertz CT molecular complexity index is 459. The first-order valence-electron chi connectivity index (χ1n) is 6.65. The highest BCUT2D eigenvalue weighted by molar-refractivity contribution is 5.89. The molecule has 0 aliphatic carbocycles. The summed E-state index contributed by atoms with van der Waals surface area (Å²) in [6, 6.07) is 0. The summed E-state index contributed by atoms with van der Waals surface area (Å²) in [6.07, 6.45) is -6.42. The topological polar surface area (TPSA) is 61.8 Å². The third kappa shape index (κ3) is 8.61. The molecule has 0 unspecified atom stereocenters. The summed E-state index contributed by atoms with van der Waals surface area (Å²) < 4.78 is 74.6. The molecule has 138 valence electrons. The summed E-state index contributed by atoms with van der Waals surface area (Å²) in [5.41, 5.74) is -0.0746. The number of halogens is 5. The summed E-state index contributed by atoms with van der Waals surface area (Å²) in [5, 5.41) is 0. The predicted octanol–water partition coefficient (Wildman–Crippen LogP) is 2.81. The number of hydrogen-bond acceptors (Lipinski definition) is 5. The number of rotatable bonds is 11. The monoisotopic (exact) mass is 360 g/mol. The van der Waals surface area contributed by atoms with E-state index >= 15 is 0 Å². The van der Waals surface area contributed by atoms with E-state index in [1.807, 2.05) is 0 Å². The van der Waals surface area contributed by atoms with Crippen LogP contribution in [-0.4, -0.2) is 50.5 Å². The van der Waals surface area contributed by atoms with Gasteiger partial charge in [0.1, 0.15) is 0 Å². The average molecular weight is 360 g/mol. The molecule has 0 atom stereocenters. The van der Waals surface area contributed by atoms with E-state index in [0.717, 1.165) is 0 Å². The molecular weight excluding hydrogens is 343 g/mol. The maximum atomic E-state index is 12.6. The summed E-state index contributed by atoms with van der Waals surface area (Å²) in [4.78, 5) is 22.5. The van der Waals surface area contributed by atoms with Crippen molar-refractivity contribution in [3.63, 3.8) is 0 Å². The quantitative estimate of drug-likeness (QED) is 0.186. The third-order valence-electron chi connectivity index (χ3n) is 2.43. The second-order valence-corrected chi connectivity index (χ2v) is 4.51. The van der Waals surface area contributed by atoms with Crippen molar-refractivity contribution in [1.82, 2.24) is 0 Å². The van der Waals surface area contributed by atoms with Crippen LogP contribution in [0, 0.1) is 0 Å². The van der Waals surface area contributed by atoms with Crippen molar-refractivity contribution in [3.8, 4) is 0 Å². The summed E-state index contributed by atoms with van der Waals surface area (Å²) in [7, 11) is 0. The second kappa shape index (κ2) is 10.0. The van der Waals surface area contributed by atoms with Crippen molar-refractivity contribution in [3.05, 3.63) is 24.8 Å². The van der Waals surface area contributed by atoms with Crippen LogP contribution in [0.15, 0.2) is 24.8 Å². The highest BCUT2D eigenvalue weighted by Gasteiger charge is 2.56. The fourth-order valence-electron chi connectivity index (χ4n) is 1.21. The average Bonchev–Trinajstić information content (AvgIpc) is 2.48. The van der Waals surface area contributed by atoms with Gasteiger partial charge in [0.2, 0.25) is 0 Å². The number of hydrogen-bond donors (Lipinski definition) is 0. The van der Waals surface area contributed by atoms with Gasteiger partial charge in [0, 0.05) is 6.42 Å². The van der Waals surface area contributed by atoms with E-state index in [-0.39, 0.29) is 18.8 Å². The molecule has 0 radical (unpaired) electrons. The van der Waals surface area contributed by atoms with Crippen molar-refractivity contribution in [2.24, 2.45) is 0 Å². The molecule has 0 N–H and O–H groups in total. The van der Waals surface area contributed by atoms with E-state index in [1.165, 1.54) is 6.08 Å². The molecule has 0 aromatic heterocycles. The molecule has 5 nitrogen and oxygen atoms in total. The van der Waals surface area contributed by atoms with Crippen molar-refractivity contribution in [2.75, 3.05) is 26.4 Å². The van der Waals surface area contributed by atoms with Gasteiger partial charge in [-0.25, -0.2) is 9.59 Å². The summed E-state index contributed by atoms with van der Waals surface area (Å²) >= 11 is 0. The molecule has 0 aromatic rings. The fraction of sp³-hybridized carbons (Fsp3) is 0.571. The van der Waals surface area contributed by atoms with Gasteiger partial charge in [-0.15, -0.1) is 6.58 Å². The molecule has 10 heteroatoms. The fourth-order valence-corrected chi connectivity index (χ4v) is 1.21. The van der Waals surface area contributed by atoms with Gasteiger partial charge in [-0.2, -0.15) is 22.0 Å². The minimum absolute atomic E-state index is 0.0746. The highest BCUT2D eigenvalue weighted by atomic mass is 19.4. The first kappa shape index (κ1) is 22.0. The van der Waals surface area contributed by atoms with E-state index in [9.17, 15) is 31.5 Å². The molecule has 0 fully saturated rings. The Kier molecular flexibility index (Phi) is 9.19. The Morgan fingerprint density at radius 3 is 2.21 bits per heavy atom. The number of esters is 2. The number of alkyl halides is 5. The van der Waals surface area contributed by atoms with Crippen LogP contribution in [0.3, 0.4) is 0 Å². The van der Waals surface area contributed by atoms with Gasteiger partial charge < -0.3 is 14.2 Å². The Labute approximate surface area is 135 Å². The molecule has 0 heterocycles. The second-order valence-electron chi connectivity index (χ2n) is 4.51. The van der Waals surface area contributed by atoms with E-state index in [2.05, 4.69) is 22.6 Å². The number of carbonyl (C=O) groups excluding carboxylic acids is 2. The van der Waals surface area contributed by atoms with Crippen molar-refractivity contribution in [1.29, 1.82) is 0 Å². The molecule has 0 spiro atoms. The van der Waals surface area contributed by atoms with Gasteiger partial charge in [-0.1, -0.05) is 12.7 Å². The number of ether oxygens (including phenoxy) is 3. The first-order valence-corrected chi connectivity index (χ1v) is 6.65. The van der Waals surface area contributed by atoms with Crippen molar-refractivity contribution in [2.45, 2.75) is 24.9 Å². The minimum Gasteiger partial charge on any atom is -0.463 e. The number of carbonyl (C=O) groups is 2. The summed E-state index contributed by atoms with van der Waals surface area (Å²) in [6.45, 7) is 5.28. The Balaban J connectivity index is 3.93. The lowest BCUT2D eigenvalue weighted by atomic mass is 10.2. The van der Waals surface area contributed by atoms with Gasteiger partial charge in [0.15, 0.2) is 6.61 Å². The zero-order valence-electron chi connectivity index (χ0n) is 12.7. The summed E-state index contributed by atoms with van der Waals surface area (Å²) in [5.74, 6) is -6.87. The molecule has 0 saturated carbocycles. The maximum absolute atomic E-state index is 12.6. The molecule has 24 heavy (non-hydrogen) atoms. The molecule has 0 saturated heterocycles. The normalized spacial score (nSPS) is 11.7. The Hall–Kier alpha value is -1.97. The highest BCUT2D eigenvalue weighted by Crippen LogP contribution is 2.38. The van der Waals surface area contributed by atoms with Gasteiger partial charge in [-0.3, -0.25) is 0 Å². The van der Waals surface area contributed by atoms with Crippen LogP contribution in [0.5, 0.6) is 0 Å². The molecular formula is C14H17F5O5. The lowest BCUT2D eigenvalue weighted by molar-refractivity contribution is -0.285. The lowest BCUT2D eigenvalue weighted by Crippen LogP contribution is -2.36. The SMILES string of the molecule is C=CCOCC(=C)C(=O)OCC(=O)OCCCC(F)(F)C(F)(F)F. The van der Waals surface area contributed by atoms with Crippen LogP contribution in [0.1, 0.15) is 12.8 Å². The van der Waals surface area contributed by atoms with E-state index in [4.69, 9.17) is 4.74 Å². The molecule has 0 aliphatic rings.